The molecule has 288 valence electrons. The molecule has 1 heterocycles. The van der Waals surface area contributed by atoms with Crippen LogP contribution in [0.1, 0.15) is 47.2 Å². The molecule has 0 bridgehead atoms. The molecule has 1 aliphatic heterocycles. The van der Waals surface area contributed by atoms with E-state index in [-0.39, 0.29) is 5.41 Å². The van der Waals surface area contributed by atoms with Gasteiger partial charge in [0.05, 0.1) is 11.1 Å². The number of ether oxygens (including phenoxy) is 2. The molecule has 1 spiro atoms. The molecule has 0 aromatic heterocycles. The summed E-state index contributed by atoms with van der Waals surface area (Å²) in [7, 11) is 0. The Morgan fingerprint density at radius 3 is 1.57 bits per heavy atom. The Morgan fingerprint density at radius 2 is 0.869 bits per heavy atom. The van der Waals surface area contributed by atoms with Gasteiger partial charge in [-0.1, -0.05) is 172 Å². The zero-order chi connectivity index (χ0) is 40.5. The Labute approximate surface area is 355 Å². The number of benzene rings is 9. The van der Waals surface area contributed by atoms with Crippen molar-refractivity contribution in [1.82, 2.24) is 0 Å². The van der Waals surface area contributed by atoms with E-state index < -0.39 is 5.41 Å². The second kappa shape index (κ2) is 12.5. The molecular weight excluding hydrogens is 743 g/mol. The minimum atomic E-state index is -0.480. The van der Waals surface area contributed by atoms with E-state index in [0.29, 0.717) is 17.2 Å². The summed E-state index contributed by atoms with van der Waals surface area (Å²) in [6.45, 7) is 4.68. The average molecular weight is 782 g/mol. The molecule has 0 amide bonds. The number of nitrogens with zero attached hydrogens (tertiary/aromatic N) is 1. The Hall–Kier alpha value is -7.62. The second-order valence-electron chi connectivity index (χ2n) is 17.1. The van der Waals surface area contributed by atoms with Crippen molar-refractivity contribution in [2.75, 3.05) is 4.90 Å². The topological polar surface area (TPSA) is 21.7 Å². The van der Waals surface area contributed by atoms with Gasteiger partial charge in [-0.05, 0) is 115 Å². The normalized spacial score (nSPS) is 14.6. The molecule has 9 aromatic carbocycles. The smallest absolute Gasteiger partial charge is 0.194 e. The van der Waals surface area contributed by atoms with Crippen LogP contribution in [-0.4, -0.2) is 0 Å². The lowest BCUT2D eigenvalue weighted by Gasteiger charge is -2.32. The van der Waals surface area contributed by atoms with Crippen molar-refractivity contribution >= 4 is 17.1 Å². The molecule has 0 saturated heterocycles. The maximum atomic E-state index is 7.34. The zero-order valence-corrected chi connectivity index (χ0v) is 33.8. The highest BCUT2D eigenvalue weighted by Gasteiger charge is 2.53. The van der Waals surface area contributed by atoms with Crippen molar-refractivity contribution in [3.8, 4) is 67.5 Å². The predicted molar refractivity (Wildman–Crippen MR) is 247 cm³/mol. The van der Waals surface area contributed by atoms with Crippen LogP contribution in [-0.2, 0) is 10.8 Å². The van der Waals surface area contributed by atoms with E-state index in [0.717, 1.165) is 28.4 Å². The lowest BCUT2D eigenvalue weighted by atomic mass is 9.70. The first kappa shape index (κ1) is 34.3. The molecule has 0 atom stereocenters. The van der Waals surface area contributed by atoms with Crippen LogP contribution in [0.15, 0.2) is 200 Å². The minimum Gasteiger partial charge on any atom is -0.449 e. The quantitative estimate of drug-likeness (QED) is 0.177. The van der Waals surface area contributed by atoms with Crippen LogP contribution >= 0.6 is 0 Å². The SMILES string of the molecule is CC1(C)c2ccccc2-c2c(-c3ccc(N(c4ccccc4)c4cccc5c4Oc4c(ccc6c4-c4ccccc4C64c6ccccc6-c6ccccc64)O5)cc3)cccc21. The van der Waals surface area contributed by atoms with E-state index in [1.54, 1.807) is 0 Å². The van der Waals surface area contributed by atoms with E-state index in [1.807, 2.05) is 6.07 Å². The third kappa shape index (κ3) is 4.53. The summed E-state index contributed by atoms with van der Waals surface area (Å²) in [6, 6.07) is 72.4. The molecule has 3 aliphatic carbocycles. The van der Waals surface area contributed by atoms with Crippen LogP contribution in [0.25, 0.3) is 44.5 Å². The molecule has 61 heavy (non-hydrogen) atoms. The van der Waals surface area contributed by atoms with Gasteiger partial charge in [0.1, 0.15) is 0 Å². The van der Waals surface area contributed by atoms with E-state index in [1.165, 1.54) is 72.3 Å². The Morgan fingerprint density at radius 1 is 0.344 bits per heavy atom. The Bertz CT molecular complexity index is 3240. The lowest BCUT2D eigenvalue weighted by Crippen LogP contribution is -2.25. The standard InChI is InChI=1S/C58H39NO2/c1-57(2)44-23-10-8-20-42(44)53-39(22-14-27-48(53)57)36-30-32-38(33-31-36)59(37-16-4-3-5-17-37)50-28-15-29-51-55(50)61-56-52(60-51)35-34-49-54(56)43-21-9-13-26-47(43)58(49)45-24-11-6-18-40(45)41-19-7-12-25-46(41)58/h3-35H,1-2H3. The first-order valence-electron chi connectivity index (χ1n) is 21.2. The maximum absolute atomic E-state index is 7.34. The van der Waals surface area contributed by atoms with Gasteiger partial charge in [0.15, 0.2) is 23.0 Å². The maximum Gasteiger partial charge on any atom is 0.194 e. The molecule has 3 heteroatoms. The molecular formula is C58H39NO2. The molecule has 0 unspecified atom stereocenters. The molecule has 4 aliphatic rings. The summed E-state index contributed by atoms with van der Waals surface area (Å²) in [5.41, 5.74) is 20.1. The molecule has 0 saturated carbocycles. The largest absolute Gasteiger partial charge is 0.449 e. The fourth-order valence-electron chi connectivity index (χ4n) is 11.2. The molecule has 0 N–H and O–H groups in total. The summed E-state index contributed by atoms with van der Waals surface area (Å²) in [4.78, 5) is 2.28. The van der Waals surface area contributed by atoms with Gasteiger partial charge in [-0.3, -0.25) is 0 Å². The van der Waals surface area contributed by atoms with Crippen LogP contribution in [0, 0.1) is 0 Å². The summed E-state index contributed by atoms with van der Waals surface area (Å²) in [6.07, 6.45) is 0. The van der Waals surface area contributed by atoms with Gasteiger partial charge in [-0.15, -0.1) is 0 Å². The second-order valence-corrected chi connectivity index (χ2v) is 17.1. The van der Waals surface area contributed by atoms with Crippen molar-refractivity contribution in [2.45, 2.75) is 24.7 Å². The van der Waals surface area contributed by atoms with Crippen molar-refractivity contribution < 1.29 is 9.47 Å². The monoisotopic (exact) mass is 781 g/mol. The number of para-hydroxylation sites is 2. The number of rotatable bonds is 4. The van der Waals surface area contributed by atoms with Gasteiger partial charge in [0, 0.05) is 22.4 Å². The molecule has 13 rings (SSSR count). The fraction of sp³-hybridized carbons (Fsp3) is 0.0690. The van der Waals surface area contributed by atoms with Crippen LogP contribution in [0.5, 0.6) is 23.0 Å². The van der Waals surface area contributed by atoms with Gasteiger partial charge >= 0.3 is 0 Å². The van der Waals surface area contributed by atoms with Gasteiger partial charge in [0.2, 0.25) is 0 Å². The minimum absolute atomic E-state index is 0.0616. The molecule has 3 nitrogen and oxygen atoms in total. The van der Waals surface area contributed by atoms with E-state index in [4.69, 9.17) is 9.47 Å². The summed E-state index contributed by atoms with van der Waals surface area (Å²) < 4.78 is 14.2. The lowest BCUT2D eigenvalue weighted by molar-refractivity contribution is 0.361. The number of hydrogen-bond donors (Lipinski definition) is 0. The van der Waals surface area contributed by atoms with Crippen LogP contribution < -0.4 is 14.4 Å². The molecule has 0 fully saturated rings. The summed E-state index contributed by atoms with van der Waals surface area (Å²) in [5, 5.41) is 0. The Kier molecular flexibility index (Phi) is 6.99. The number of anilines is 3. The summed E-state index contributed by atoms with van der Waals surface area (Å²) >= 11 is 0. The molecule has 9 aromatic rings. The van der Waals surface area contributed by atoms with Gasteiger partial charge in [0.25, 0.3) is 0 Å². The first-order chi connectivity index (χ1) is 30.0. The highest BCUT2D eigenvalue weighted by Crippen LogP contribution is 2.67. The third-order valence-electron chi connectivity index (χ3n) is 13.8. The zero-order valence-electron chi connectivity index (χ0n) is 33.8. The first-order valence-corrected chi connectivity index (χ1v) is 21.2. The fourth-order valence-corrected chi connectivity index (χ4v) is 11.2. The number of hydrogen-bond acceptors (Lipinski definition) is 3. The third-order valence-corrected chi connectivity index (χ3v) is 13.8. The van der Waals surface area contributed by atoms with Gasteiger partial charge in [-0.25, -0.2) is 0 Å². The van der Waals surface area contributed by atoms with E-state index >= 15 is 0 Å². The van der Waals surface area contributed by atoms with Crippen molar-refractivity contribution in [1.29, 1.82) is 0 Å². The van der Waals surface area contributed by atoms with E-state index in [9.17, 15) is 0 Å². The van der Waals surface area contributed by atoms with Crippen molar-refractivity contribution in [2.24, 2.45) is 0 Å². The molecule has 0 radical (unpaired) electrons. The van der Waals surface area contributed by atoms with Crippen LogP contribution in [0.4, 0.5) is 17.1 Å². The van der Waals surface area contributed by atoms with Crippen molar-refractivity contribution in [3.05, 3.63) is 234 Å². The van der Waals surface area contributed by atoms with E-state index in [2.05, 4.69) is 213 Å². The highest BCUT2D eigenvalue weighted by molar-refractivity contribution is 5.98. The van der Waals surface area contributed by atoms with Crippen LogP contribution in [0.3, 0.4) is 0 Å². The predicted octanol–water partition coefficient (Wildman–Crippen LogP) is 15.4. The number of fused-ring (bicyclic) bond motifs is 16. The highest BCUT2D eigenvalue weighted by atomic mass is 16.6. The van der Waals surface area contributed by atoms with Crippen molar-refractivity contribution in [3.63, 3.8) is 0 Å². The Balaban J connectivity index is 0.960. The van der Waals surface area contributed by atoms with Crippen LogP contribution in [0.2, 0.25) is 0 Å². The summed E-state index contributed by atoms with van der Waals surface area (Å²) in [5.74, 6) is 2.82. The average Bonchev–Trinajstić information content (AvgIpc) is 3.88. The van der Waals surface area contributed by atoms with Gasteiger partial charge < -0.3 is 14.4 Å². The van der Waals surface area contributed by atoms with Gasteiger partial charge in [-0.2, -0.15) is 0 Å².